The van der Waals surface area contributed by atoms with Gasteiger partial charge in [-0.05, 0) is 44.9 Å². The van der Waals surface area contributed by atoms with Crippen LogP contribution >= 0.6 is 11.6 Å². The molecule has 0 radical (unpaired) electrons. The Morgan fingerprint density at radius 3 is 2.04 bits per heavy atom. The Morgan fingerprint density at radius 1 is 1.16 bits per heavy atom. The number of amidine groups is 1. The van der Waals surface area contributed by atoms with E-state index in [9.17, 15) is 14.9 Å². The number of hydrogen-bond acceptors (Lipinski definition) is 4. The quantitative estimate of drug-likeness (QED) is 0.304. The van der Waals surface area contributed by atoms with Crippen molar-refractivity contribution in [3.63, 3.8) is 0 Å². The van der Waals surface area contributed by atoms with E-state index < -0.39 is 10.4 Å². The zero-order valence-electron chi connectivity index (χ0n) is 16.2. The Balaban J connectivity index is 3.46. The van der Waals surface area contributed by atoms with Gasteiger partial charge in [-0.2, -0.15) is 5.26 Å². The highest BCUT2D eigenvalue weighted by atomic mass is 35.5. The van der Waals surface area contributed by atoms with Crippen LogP contribution in [-0.4, -0.2) is 33.0 Å². The number of likely N-dealkylation sites (tertiary alicyclic amines) is 1. The highest BCUT2D eigenvalue weighted by Crippen LogP contribution is 2.32. The van der Waals surface area contributed by atoms with Crippen LogP contribution in [0.3, 0.4) is 0 Å². The molecule has 6 heteroatoms. The number of carbonyl (C=O) groups excluding carboxylic acids is 2. The second-order valence-corrected chi connectivity index (χ2v) is 9.03. The minimum absolute atomic E-state index is 0.224. The average molecular weight is 368 g/mol. The molecule has 25 heavy (non-hydrogen) atoms. The van der Waals surface area contributed by atoms with Crippen LogP contribution in [0.4, 0.5) is 0 Å². The molecule has 1 heterocycles. The maximum Gasteiger partial charge on any atom is 0.234 e. The lowest BCUT2D eigenvalue weighted by molar-refractivity contribution is -0.142. The second-order valence-electron chi connectivity index (χ2n) is 8.19. The summed E-state index contributed by atoms with van der Waals surface area (Å²) < 4.78 is 0. The van der Waals surface area contributed by atoms with Crippen molar-refractivity contribution in [2.45, 2.75) is 84.1 Å². The number of aliphatic imine (C=N–C) groups is 1. The van der Waals surface area contributed by atoms with Crippen LogP contribution in [0, 0.1) is 23.2 Å². The third-order valence-corrected chi connectivity index (χ3v) is 4.47. The van der Waals surface area contributed by atoms with E-state index in [2.05, 4.69) is 11.1 Å². The molecule has 1 rings (SSSR count). The third kappa shape index (κ3) is 5.81. The number of piperidine rings is 1. The molecule has 1 saturated heterocycles. The van der Waals surface area contributed by atoms with Gasteiger partial charge >= 0.3 is 0 Å². The first kappa shape index (κ1) is 21.6. The molecule has 0 saturated carbocycles. The molecule has 1 fully saturated rings. The van der Waals surface area contributed by atoms with Crippen molar-refractivity contribution < 1.29 is 9.59 Å². The van der Waals surface area contributed by atoms with Gasteiger partial charge < -0.3 is 0 Å². The van der Waals surface area contributed by atoms with Crippen molar-refractivity contribution in [2.75, 3.05) is 0 Å². The van der Waals surface area contributed by atoms with E-state index in [1.165, 1.54) is 0 Å². The smallest absolute Gasteiger partial charge is 0.234 e. The van der Waals surface area contributed by atoms with E-state index in [1.807, 2.05) is 27.7 Å². The SMILES string of the molecule is CC(C)C[C@](C)(C#N)N=C(N1C(=O)CCCC1=O)[C@](C)(Cl)CC(C)C. The van der Waals surface area contributed by atoms with E-state index in [0.717, 1.165) is 4.90 Å². The first-order valence-corrected chi connectivity index (χ1v) is 9.36. The van der Waals surface area contributed by atoms with Crippen LogP contribution in [0.5, 0.6) is 0 Å². The summed E-state index contributed by atoms with van der Waals surface area (Å²) in [5, 5.41) is 9.67. The first-order chi connectivity index (χ1) is 11.4. The molecular formula is C19H30ClN3O2. The lowest BCUT2D eigenvalue weighted by Gasteiger charge is -2.36. The molecule has 0 aromatic carbocycles. The summed E-state index contributed by atoms with van der Waals surface area (Å²) in [6.45, 7) is 11.6. The van der Waals surface area contributed by atoms with Gasteiger partial charge in [-0.15, -0.1) is 11.6 Å². The zero-order valence-corrected chi connectivity index (χ0v) is 17.0. The lowest BCUT2D eigenvalue weighted by Crippen LogP contribution is -2.53. The minimum Gasteiger partial charge on any atom is -0.274 e. The minimum atomic E-state index is -1.03. The largest absolute Gasteiger partial charge is 0.274 e. The summed E-state index contributed by atoms with van der Waals surface area (Å²) in [6.07, 6.45) is 2.22. The fourth-order valence-corrected chi connectivity index (χ4v) is 3.83. The van der Waals surface area contributed by atoms with E-state index in [1.54, 1.807) is 13.8 Å². The third-order valence-electron chi connectivity index (χ3n) is 4.15. The van der Waals surface area contributed by atoms with E-state index in [-0.39, 0.29) is 29.5 Å². The number of carbonyl (C=O) groups is 2. The average Bonchev–Trinajstić information content (AvgIpc) is 2.43. The monoisotopic (exact) mass is 367 g/mol. The molecule has 0 aromatic rings. The first-order valence-electron chi connectivity index (χ1n) is 8.98. The van der Waals surface area contributed by atoms with Crippen LogP contribution in [0.1, 0.15) is 73.6 Å². The standard InChI is InChI=1S/C19H30ClN3O2/c1-13(2)10-18(5,12-21)22-17(19(6,20)11-14(3)4)23-15(24)8-7-9-16(23)25/h13-14H,7-11H2,1-6H3/t18-,19-/m1/s1. The fraction of sp³-hybridized carbons (Fsp3) is 0.789. The highest BCUT2D eigenvalue weighted by molar-refractivity contribution is 6.38. The van der Waals surface area contributed by atoms with Crippen LogP contribution in [0.2, 0.25) is 0 Å². The van der Waals surface area contributed by atoms with Crippen molar-refractivity contribution in [2.24, 2.45) is 16.8 Å². The zero-order chi connectivity index (χ0) is 19.4. The summed E-state index contributed by atoms with van der Waals surface area (Å²) >= 11 is 6.77. The number of nitrogens with zero attached hydrogens (tertiary/aromatic N) is 3. The fourth-order valence-electron chi connectivity index (χ4n) is 3.39. The maximum absolute atomic E-state index is 12.5. The summed E-state index contributed by atoms with van der Waals surface area (Å²) in [4.78, 5) is 29.7. The molecule has 5 nitrogen and oxygen atoms in total. The maximum atomic E-state index is 12.5. The Labute approximate surface area is 156 Å². The number of halogens is 1. The molecule has 0 bridgehead atoms. The molecule has 1 aliphatic rings. The van der Waals surface area contributed by atoms with Gasteiger partial charge in [-0.3, -0.25) is 9.59 Å². The van der Waals surface area contributed by atoms with Crippen LogP contribution in [-0.2, 0) is 9.59 Å². The van der Waals surface area contributed by atoms with Crippen LogP contribution < -0.4 is 0 Å². The van der Waals surface area contributed by atoms with Gasteiger partial charge in [0, 0.05) is 12.8 Å². The van der Waals surface area contributed by atoms with Crippen LogP contribution in [0.25, 0.3) is 0 Å². The topological polar surface area (TPSA) is 73.5 Å². The molecule has 0 aromatic heterocycles. The molecule has 1 aliphatic heterocycles. The predicted octanol–water partition coefficient (Wildman–Crippen LogP) is 4.30. The van der Waals surface area contributed by atoms with Gasteiger partial charge in [0.2, 0.25) is 11.8 Å². The molecule has 0 N–H and O–H groups in total. The number of hydrogen-bond donors (Lipinski definition) is 0. The molecule has 0 unspecified atom stereocenters. The van der Waals surface area contributed by atoms with Gasteiger partial charge in [-0.25, -0.2) is 9.89 Å². The molecule has 140 valence electrons. The van der Waals surface area contributed by atoms with E-state index >= 15 is 0 Å². The Kier molecular flexibility index (Phi) is 7.19. The van der Waals surface area contributed by atoms with E-state index in [0.29, 0.717) is 32.1 Å². The van der Waals surface area contributed by atoms with Gasteiger partial charge in [-0.1, -0.05) is 27.7 Å². The van der Waals surface area contributed by atoms with Gasteiger partial charge in [0.05, 0.1) is 6.07 Å². The highest BCUT2D eigenvalue weighted by Gasteiger charge is 2.42. The normalized spacial score (nSPS) is 21.3. The summed E-state index contributed by atoms with van der Waals surface area (Å²) in [5.74, 6) is 0.156. The van der Waals surface area contributed by atoms with Crippen molar-refractivity contribution in [3.8, 4) is 6.07 Å². The summed E-state index contributed by atoms with van der Waals surface area (Å²) in [6, 6.07) is 2.24. The predicted molar refractivity (Wildman–Crippen MR) is 100 cm³/mol. The second kappa shape index (κ2) is 8.31. The Bertz CT molecular complexity index is 574. The van der Waals surface area contributed by atoms with Gasteiger partial charge in [0.25, 0.3) is 0 Å². The molecule has 2 atom stereocenters. The van der Waals surface area contributed by atoms with Crippen LogP contribution in [0.15, 0.2) is 4.99 Å². The molecule has 0 spiro atoms. The van der Waals surface area contributed by atoms with Crippen molar-refractivity contribution >= 4 is 29.3 Å². The molecule has 2 amide bonds. The summed E-state index contributed by atoms with van der Waals surface area (Å²) in [7, 11) is 0. The van der Waals surface area contributed by atoms with Crippen molar-refractivity contribution in [1.29, 1.82) is 5.26 Å². The molecular weight excluding hydrogens is 338 g/mol. The lowest BCUT2D eigenvalue weighted by atomic mass is 9.90. The van der Waals surface area contributed by atoms with Gasteiger partial charge in [0.1, 0.15) is 16.2 Å². The number of alkyl halides is 1. The number of amides is 2. The number of rotatable bonds is 6. The Morgan fingerprint density at radius 2 is 1.64 bits per heavy atom. The molecule has 0 aliphatic carbocycles. The van der Waals surface area contributed by atoms with Crippen molar-refractivity contribution in [1.82, 2.24) is 4.90 Å². The summed E-state index contributed by atoms with van der Waals surface area (Å²) in [5.41, 5.74) is -1.03. The number of nitriles is 1. The van der Waals surface area contributed by atoms with Gasteiger partial charge in [0.15, 0.2) is 0 Å². The van der Waals surface area contributed by atoms with Crippen molar-refractivity contribution in [3.05, 3.63) is 0 Å². The Hall–Kier alpha value is -1.41. The number of imide groups is 1. The van der Waals surface area contributed by atoms with E-state index in [4.69, 9.17) is 11.6 Å².